The molecule has 3 aromatic carbocycles. The van der Waals surface area contributed by atoms with Crippen molar-refractivity contribution in [3.63, 3.8) is 0 Å². The van der Waals surface area contributed by atoms with Crippen molar-refractivity contribution in [3.05, 3.63) is 101 Å². The fourth-order valence-electron chi connectivity index (χ4n) is 8.43. The number of nitrogens with zero attached hydrogens (tertiary/aromatic N) is 2. The number of amides is 4. The maximum atomic E-state index is 15.1. The topological polar surface area (TPSA) is 116 Å². The van der Waals surface area contributed by atoms with E-state index in [0.717, 1.165) is 28.8 Å². The van der Waals surface area contributed by atoms with Crippen molar-refractivity contribution in [2.24, 2.45) is 23.7 Å². The smallest absolute Gasteiger partial charge is 0.508 e. The fraction of sp³-hybridized carbons (Fsp3) is 0.333. The second kappa shape index (κ2) is 11.2. The molecule has 2 N–H and O–H groups in total. The van der Waals surface area contributed by atoms with Crippen LogP contribution >= 0.6 is 0 Å². The van der Waals surface area contributed by atoms with E-state index in [1.54, 1.807) is 55.5 Å². The average Bonchev–Trinajstić information content (AvgIpc) is 3.43. The summed E-state index contributed by atoms with van der Waals surface area (Å²) >= 11 is 0. The third-order valence-electron chi connectivity index (χ3n) is 10.3. The van der Waals surface area contributed by atoms with Gasteiger partial charge in [0.2, 0.25) is 11.8 Å². The number of halogens is 3. The summed E-state index contributed by atoms with van der Waals surface area (Å²) < 4.78 is 44.6. The number of hydrazine groups is 1. The van der Waals surface area contributed by atoms with Gasteiger partial charge in [0, 0.05) is 18.0 Å². The first kappa shape index (κ1) is 31.5. The summed E-state index contributed by atoms with van der Waals surface area (Å²) in [5.41, 5.74) is 3.46. The molecule has 0 bridgehead atoms. The fourth-order valence-corrected chi connectivity index (χ4v) is 8.43. The summed E-state index contributed by atoms with van der Waals surface area (Å²) in [4.78, 5) is 57.9. The largest absolute Gasteiger partial charge is 0.573 e. The third-order valence-corrected chi connectivity index (χ3v) is 10.3. The summed E-state index contributed by atoms with van der Waals surface area (Å²) in [5.74, 6) is -7.58. The van der Waals surface area contributed by atoms with E-state index >= 15 is 4.79 Å². The predicted molar refractivity (Wildman–Crippen MR) is 166 cm³/mol. The van der Waals surface area contributed by atoms with Crippen LogP contribution in [0.25, 0.3) is 0 Å². The Hall–Kier alpha value is -5.13. The quantitative estimate of drug-likeness (QED) is 0.261. The van der Waals surface area contributed by atoms with E-state index in [0.29, 0.717) is 16.8 Å². The zero-order valence-electron chi connectivity index (χ0n) is 26.0. The van der Waals surface area contributed by atoms with Gasteiger partial charge in [0.15, 0.2) is 0 Å². The number of phenols is 1. The molecule has 9 nitrogen and oxygen atoms in total. The van der Waals surface area contributed by atoms with Crippen molar-refractivity contribution >= 4 is 29.3 Å². The van der Waals surface area contributed by atoms with Gasteiger partial charge in [0.05, 0.1) is 28.9 Å². The number of hydrogen-bond donors (Lipinski definition) is 2. The second-order valence-electron chi connectivity index (χ2n) is 12.8. The lowest BCUT2D eigenvalue weighted by Crippen LogP contribution is -2.53. The minimum absolute atomic E-state index is 0.0190. The first-order valence-electron chi connectivity index (χ1n) is 15.8. The number of carbonyl (C=O) groups excluding carboxylic acids is 4. The van der Waals surface area contributed by atoms with Crippen molar-refractivity contribution in [3.8, 4) is 11.5 Å². The van der Waals surface area contributed by atoms with Crippen LogP contribution in [0.5, 0.6) is 11.5 Å². The van der Waals surface area contributed by atoms with Crippen LogP contribution in [0, 0.1) is 30.6 Å². The summed E-state index contributed by atoms with van der Waals surface area (Å²) in [5, 5.41) is 12.3. The number of carbonyl (C=O) groups is 4. The number of aryl methyl sites for hydroxylation is 1. The highest BCUT2D eigenvalue weighted by Gasteiger charge is 2.70. The maximum absolute atomic E-state index is 15.1. The summed E-state index contributed by atoms with van der Waals surface area (Å²) in [6.45, 7) is 3.75. The van der Waals surface area contributed by atoms with Crippen LogP contribution in [0.4, 0.5) is 18.9 Å². The van der Waals surface area contributed by atoms with Crippen molar-refractivity contribution in [2.75, 3.05) is 12.0 Å². The van der Waals surface area contributed by atoms with Crippen molar-refractivity contribution in [1.29, 1.82) is 0 Å². The lowest BCUT2D eigenvalue weighted by atomic mass is 9.49. The number of anilines is 1. The standard InChI is InChI=1S/C36H32F3N3O6/c1-3-41-31(44)24-15-14-23-25(29(24)33(41)46)18-27-32(45)42(40-21-11-9-19(2)10-12-21)34(47)35(27,20-7-5-4-6-8-20)30(23)26-17-22(13-16-28(26)43)48-36(37,38)39/h4-14,16-17,24-25,27,29-30,40,43H,3,15,18H2,1-2H3/t24-,25+,27-,29-,30+,35+/m0/s1. The van der Waals surface area contributed by atoms with Crippen LogP contribution in [0.3, 0.4) is 0 Å². The molecule has 3 aromatic rings. The molecule has 48 heavy (non-hydrogen) atoms. The third kappa shape index (κ3) is 4.68. The number of hydrogen-bond acceptors (Lipinski definition) is 7. The lowest BCUT2D eigenvalue weighted by molar-refractivity contribution is -0.274. The Labute approximate surface area is 273 Å². The monoisotopic (exact) mass is 659 g/mol. The molecule has 7 rings (SSSR count). The molecule has 3 fully saturated rings. The number of likely N-dealkylation sites (tertiary alicyclic amines) is 1. The van der Waals surface area contributed by atoms with Crippen LogP contribution in [-0.2, 0) is 24.6 Å². The Morgan fingerprint density at radius 3 is 2.31 bits per heavy atom. The molecular weight excluding hydrogens is 627 g/mol. The molecule has 248 valence electrons. The number of allylic oxidation sites excluding steroid dienone is 2. The number of aromatic hydroxyl groups is 1. The Bertz CT molecular complexity index is 1860. The number of benzene rings is 3. The first-order chi connectivity index (χ1) is 22.9. The summed E-state index contributed by atoms with van der Waals surface area (Å²) in [6.07, 6.45) is -3.11. The molecule has 0 spiro atoms. The SMILES string of the molecule is CCN1C(=O)[C@H]2[C@H](CC=C3[C@H]2C[C@H]2C(=O)N(Nc4ccc(C)cc4)C(=O)[C@@]2(c2ccccc2)[C@H]3c2cc(OC(F)(F)F)ccc2O)C1=O. The van der Waals surface area contributed by atoms with E-state index < -0.39 is 64.7 Å². The number of ether oxygens (including phenoxy) is 1. The predicted octanol–water partition coefficient (Wildman–Crippen LogP) is 5.60. The van der Waals surface area contributed by atoms with E-state index in [9.17, 15) is 32.7 Å². The number of alkyl halides is 3. The van der Waals surface area contributed by atoms with Crippen molar-refractivity contribution in [1.82, 2.24) is 9.91 Å². The van der Waals surface area contributed by atoms with E-state index in [-0.39, 0.29) is 36.8 Å². The highest BCUT2D eigenvalue weighted by molar-refractivity contribution is 6.13. The number of nitrogens with one attached hydrogen (secondary N) is 1. The molecule has 4 amide bonds. The molecule has 0 radical (unpaired) electrons. The van der Waals surface area contributed by atoms with Gasteiger partial charge < -0.3 is 9.84 Å². The van der Waals surface area contributed by atoms with Gasteiger partial charge in [-0.1, -0.05) is 59.7 Å². The minimum Gasteiger partial charge on any atom is -0.508 e. The number of rotatable bonds is 6. The number of imide groups is 2. The van der Waals surface area contributed by atoms with Crippen LogP contribution in [0.15, 0.2) is 84.4 Å². The molecule has 4 aliphatic rings. The van der Waals surface area contributed by atoms with Crippen LogP contribution < -0.4 is 10.2 Å². The van der Waals surface area contributed by atoms with Gasteiger partial charge in [0.1, 0.15) is 11.5 Å². The average molecular weight is 660 g/mol. The van der Waals surface area contributed by atoms with E-state index in [1.165, 1.54) is 4.90 Å². The first-order valence-corrected chi connectivity index (χ1v) is 15.8. The molecule has 0 aromatic heterocycles. The Morgan fingerprint density at radius 1 is 0.938 bits per heavy atom. The van der Waals surface area contributed by atoms with Crippen LogP contribution in [0.1, 0.15) is 42.4 Å². The molecule has 6 atom stereocenters. The van der Waals surface area contributed by atoms with Crippen LogP contribution in [-0.4, -0.2) is 51.6 Å². The highest BCUT2D eigenvalue weighted by atomic mass is 19.4. The minimum atomic E-state index is -5.05. The Morgan fingerprint density at radius 2 is 1.65 bits per heavy atom. The van der Waals surface area contributed by atoms with Crippen LogP contribution in [0.2, 0.25) is 0 Å². The molecular formula is C36H32F3N3O6. The molecule has 2 aliphatic heterocycles. The van der Waals surface area contributed by atoms with Gasteiger partial charge in [-0.25, -0.2) is 0 Å². The molecule has 1 saturated carbocycles. The molecule has 12 heteroatoms. The summed E-state index contributed by atoms with van der Waals surface area (Å²) in [6, 6.07) is 18.6. The lowest BCUT2D eigenvalue weighted by Gasteiger charge is -2.50. The number of phenolic OH excluding ortho intramolecular Hbond substituents is 1. The summed E-state index contributed by atoms with van der Waals surface area (Å²) in [7, 11) is 0. The van der Waals surface area contributed by atoms with Gasteiger partial charge in [-0.05, 0) is 68.5 Å². The van der Waals surface area contributed by atoms with E-state index in [2.05, 4.69) is 10.2 Å². The highest BCUT2D eigenvalue weighted by Crippen LogP contribution is 2.65. The van der Waals surface area contributed by atoms with Gasteiger partial charge in [-0.2, -0.15) is 5.01 Å². The molecule has 0 unspecified atom stereocenters. The van der Waals surface area contributed by atoms with Gasteiger partial charge >= 0.3 is 6.36 Å². The molecule has 2 saturated heterocycles. The van der Waals surface area contributed by atoms with Crippen molar-refractivity contribution in [2.45, 2.75) is 44.4 Å². The van der Waals surface area contributed by atoms with Gasteiger partial charge in [-0.15, -0.1) is 13.2 Å². The zero-order valence-corrected chi connectivity index (χ0v) is 26.0. The number of fused-ring (bicyclic) bond motifs is 4. The second-order valence-corrected chi connectivity index (χ2v) is 12.8. The zero-order chi connectivity index (χ0) is 34.1. The maximum Gasteiger partial charge on any atom is 0.573 e. The Kier molecular flexibility index (Phi) is 7.37. The van der Waals surface area contributed by atoms with Crippen molar-refractivity contribution < 1.29 is 42.2 Å². The molecule has 2 aliphatic carbocycles. The van der Waals surface area contributed by atoms with E-state index in [1.807, 2.05) is 19.1 Å². The normalized spacial score (nSPS) is 28.2. The Balaban J connectivity index is 1.48. The van der Waals surface area contributed by atoms with E-state index in [4.69, 9.17) is 0 Å². The van der Waals surface area contributed by atoms with Gasteiger partial charge in [-0.3, -0.25) is 29.5 Å². The van der Waals surface area contributed by atoms with Gasteiger partial charge in [0.25, 0.3) is 11.8 Å². The molecule has 2 heterocycles.